The molecule has 5 nitrogen and oxygen atoms in total. The molecule has 19 heavy (non-hydrogen) atoms. The average molecular weight is 258 g/mol. The smallest absolute Gasteiger partial charge is 0.161 e. The molecular weight excluding hydrogens is 244 g/mol. The van der Waals surface area contributed by atoms with E-state index in [-0.39, 0.29) is 0 Å². The third-order valence-electron chi connectivity index (χ3n) is 3.01. The van der Waals surface area contributed by atoms with Gasteiger partial charge in [0.15, 0.2) is 11.5 Å². The number of nitrogens with zero attached hydrogens (tertiary/aromatic N) is 2. The molecule has 0 radical (unpaired) electrons. The third kappa shape index (κ3) is 2.51. The summed E-state index contributed by atoms with van der Waals surface area (Å²) in [5, 5.41) is 17.8. The lowest BCUT2D eigenvalue weighted by molar-refractivity contribution is 0.218. The van der Waals surface area contributed by atoms with E-state index in [4.69, 9.17) is 9.47 Å². The van der Waals surface area contributed by atoms with Gasteiger partial charge in [-0.05, 0) is 23.8 Å². The van der Waals surface area contributed by atoms with E-state index in [1.54, 1.807) is 18.5 Å². The summed E-state index contributed by atoms with van der Waals surface area (Å²) < 4.78 is 11.2. The van der Waals surface area contributed by atoms with E-state index in [0.29, 0.717) is 24.5 Å². The Balaban J connectivity index is 1.91. The lowest BCUT2D eigenvalue weighted by Gasteiger charge is -2.13. The maximum atomic E-state index is 10.3. The zero-order valence-corrected chi connectivity index (χ0v) is 10.3. The molecule has 1 N–H and O–H groups in total. The second-order valence-corrected chi connectivity index (χ2v) is 4.33. The fourth-order valence-corrected chi connectivity index (χ4v) is 2.01. The molecule has 0 spiro atoms. The van der Waals surface area contributed by atoms with Crippen molar-refractivity contribution in [2.75, 3.05) is 13.2 Å². The molecule has 0 fully saturated rings. The molecule has 2 aromatic rings. The van der Waals surface area contributed by atoms with Crippen molar-refractivity contribution >= 4 is 0 Å². The Labute approximate surface area is 110 Å². The monoisotopic (exact) mass is 258 g/mol. The number of hydrogen-bond donors (Lipinski definition) is 1. The van der Waals surface area contributed by atoms with E-state index >= 15 is 0 Å². The summed E-state index contributed by atoms with van der Waals surface area (Å²) >= 11 is 0. The number of fused-ring (bicyclic) bond motifs is 1. The van der Waals surface area contributed by atoms with Crippen LogP contribution >= 0.6 is 0 Å². The summed E-state index contributed by atoms with van der Waals surface area (Å²) in [6, 6.07) is 7.21. The molecule has 1 atom stereocenters. The van der Waals surface area contributed by atoms with Gasteiger partial charge >= 0.3 is 0 Å². The molecule has 0 saturated heterocycles. The Hall–Kier alpha value is -2.14. The predicted octanol–water partition coefficient (Wildman–Crippen LogP) is 1.72. The highest BCUT2D eigenvalue weighted by Crippen LogP contribution is 2.33. The molecule has 1 aliphatic rings. The summed E-state index contributed by atoms with van der Waals surface area (Å²) in [5.74, 6) is 1.40. The van der Waals surface area contributed by atoms with E-state index in [0.717, 1.165) is 17.7 Å². The first-order chi connectivity index (χ1) is 9.34. The second kappa shape index (κ2) is 5.24. The van der Waals surface area contributed by atoms with Crippen LogP contribution in [0.5, 0.6) is 11.5 Å². The van der Waals surface area contributed by atoms with Crippen LogP contribution in [0, 0.1) is 0 Å². The van der Waals surface area contributed by atoms with Gasteiger partial charge in [0.2, 0.25) is 0 Å². The first-order valence-electron chi connectivity index (χ1n) is 6.19. The molecule has 0 aliphatic carbocycles. The Kier molecular flexibility index (Phi) is 3.29. The standard InChI is InChI=1S/C14H14N2O3/c17-14(11-4-5-15-16-9-11)10-2-3-12-13(8-10)19-7-1-6-18-12/h2-5,8-9,14,17H,1,6-7H2. The second-order valence-electron chi connectivity index (χ2n) is 4.33. The Morgan fingerprint density at radius 3 is 2.63 bits per heavy atom. The largest absolute Gasteiger partial charge is 0.490 e. The van der Waals surface area contributed by atoms with Crippen LogP contribution < -0.4 is 9.47 Å². The van der Waals surface area contributed by atoms with Gasteiger partial charge < -0.3 is 14.6 Å². The van der Waals surface area contributed by atoms with E-state index in [1.807, 2.05) is 18.2 Å². The highest BCUT2D eigenvalue weighted by atomic mass is 16.5. The van der Waals surface area contributed by atoms with Crippen LogP contribution in [0.1, 0.15) is 23.7 Å². The Bertz CT molecular complexity index is 560. The summed E-state index contributed by atoms with van der Waals surface area (Å²) in [7, 11) is 0. The van der Waals surface area contributed by atoms with Crippen LogP contribution in [0.25, 0.3) is 0 Å². The fraction of sp³-hybridized carbons (Fsp3) is 0.286. The zero-order chi connectivity index (χ0) is 13.1. The SMILES string of the molecule is OC(c1ccnnc1)c1ccc2c(c1)OCCCO2. The van der Waals surface area contributed by atoms with Gasteiger partial charge in [-0.1, -0.05) is 6.07 Å². The van der Waals surface area contributed by atoms with Crippen molar-refractivity contribution in [2.24, 2.45) is 0 Å². The van der Waals surface area contributed by atoms with Crippen LogP contribution in [-0.4, -0.2) is 28.5 Å². The lowest BCUT2D eigenvalue weighted by Crippen LogP contribution is -2.02. The zero-order valence-electron chi connectivity index (χ0n) is 10.3. The fourth-order valence-electron chi connectivity index (χ4n) is 2.01. The minimum absolute atomic E-state index is 0.628. The number of benzene rings is 1. The molecule has 2 heterocycles. The van der Waals surface area contributed by atoms with Crippen molar-refractivity contribution in [1.82, 2.24) is 10.2 Å². The van der Waals surface area contributed by atoms with Crippen LogP contribution in [0.4, 0.5) is 0 Å². The van der Waals surface area contributed by atoms with E-state index in [9.17, 15) is 5.11 Å². The molecule has 1 aliphatic heterocycles. The first-order valence-corrected chi connectivity index (χ1v) is 6.19. The van der Waals surface area contributed by atoms with Gasteiger partial charge in [0.1, 0.15) is 6.10 Å². The lowest BCUT2D eigenvalue weighted by atomic mass is 10.0. The summed E-state index contributed by atoms with van der Waals surface area (Å²) in [6.45, 7) is 1.28. The summed E-state index contributed by atoms with van der Waals surface area (Å²) in [6.07, 6.45) is 3.23. The highest BCUT2D eigenvalue weighted by molar-refractivity contribution is 5.45. The van der Waals surface area contributed by atoms with Gasteiger partial charge in [-0.2, -0.15) is 10.2 Å². The van der Waals surface area contributed by atoms with Crippen molar-refractivity contribution in [3.8, 4) is 11.5 Å². The molecule has 0 amide bonds. The third-order valence-corrected chi connectivity index (χ3v) is 3.01. The number of hydrogen-bond acceptors (Lipinski definition) is 5. The van der Waals surface area contributed by atoms with Crippen LogP contribution in [0.2, 0.25) is 0 Å². The number of aromatic nitrogens is 2. The van der Waals surface area contributed by atoms with E-state index < -0.39 is 6.10 Å². The summed E-state index contributed by atoms with van der Waals surface area (Å²) in [5.41, 5.74) is 1.45. The van der Waals surface area contributed by atoms with Gasteiger partial charge in [0, 0.05) is 18.2 Å². The van der Waals surface area contributed by atoms with Gasteiger partial charge in [-0.3, -0.25) is 0 Å². The molecule has 98 valence electrons. The summed E-state index contributed by atoms with van der Waals surface area (Å²) in [4.78, 5) is 0. The van der Waals surface area contributed by atoms with E-state index in [2.05, 4.69) is 10.2 Å². The van der Waals surface area contributed by atoms with Crippen LogP contribution in [-0.2, 0) is 0 Å². The maximum Gasteiger partial charge on any atom is 0.161 e. The topological polar surface area (TPSA) is 64.5 Å². The quantitative estimate of drug-likeness (QED) is 0.888. The molecule has 1 aromatic heterocycles. The number of aliphatic hydroxyl groups is 1. The molecular formula is C14H14N2O3. The highest BCUT2D eigenvalue weighted by Gasteiger charge is 2.16. The van der Waals surface area contributed by atoms with E-state index in [1.165, 1.54) is 0 Å². The van der Waals surface area contributed by atoms with Gasteiger partial charge in [0.25, 0.3) is 0 Å². The maximum absolute atomic E-state index is 10.3. The molecule has 0 saturated carbocycles. The van der Waals surface area contributed by atoms with Crippen molar-refractivity contribution in [2.45, 2.75) is 12.5 Å². The number of rotatable bonds is 2. The van der Waals surface area contributed by atoms with Crippen LogP contribution in [0.15, 0.2) is 36.7 Å². The number of aliphatic hydroxyl groups excluding tert-OH is 1. The van der Waals surface area contributed by atoms with Crippen molar-refractivity contribution in [3.63, 3.8) is 0 Å². The van der Waals surface area contributed by atoms with Gasteiger partial charge in [-0.15, -0.1) is 0 Å². The van der Waals surface area contributed by atoms with Crippen molar-refractivity contribution in [3.05, 3.63) is 47.8 Å². The molecule has 1 unspecified atom stereocenters. The molecule has 0 bridgehead atoms. The minimum Gasteiger partial charge on any atom is -0.490 e. The van der Waals surface area contributed by atoms with Crippen LogP contribution in [0.3, 0.4) is 0 Å². The van der Waals surface area contributed by atoms with Crippen molar-refractivity contribution in [1.29, 1.82) is 0 Å². The molecule has 3 rings (SSSR count). The molecule has 1 aromatic carbocycles. The normalized spacial score (nSPS) is 15.6. The Morgan fingerprint density at radius 1 is 1.00 bits per heavy atom. The number of ether oxygens (including phenoxy) is 2. The van der Waals surface area contributed by atoms with Gasteiger partial charge in [-0.25, -0.2) is 0 Å². The average Bonchev–Trinajstić information content (AvgIpc) is 2.72. The predicted molar refractivity (Wildman–Crippen MR) is 68.1 cm³/mol. The minimum atomic E-state index is -0.743. The first kappa shape index (κ1) is 11.9. The Morgan fingerprint density at radius 2 is 1.84 bits per heavy atom. The molecule has 5 heteroatoms. The van der Waals surface area contributed by atoms with Gasteiger partial charge in [0.05, 0.1) is 19.4 Å². The van der Waals surface area contributed by atoms with Crippen molar-refractivity contribution < 1.29 is 14.6 Å².